The molecule has 0 fully saturated rings. The third kappa shape index (κ3) is 4.84. The normalized spacial score (nSPS) is 10.2. The van der Waals surface area contributed by atoms with Crippen molar-refractivity contribution < 1.29 is 19.0 Å². The number of rotatable bonds is 7. The molecule has 0 bridgehead atoms. The van der Waals surface area contributed by atoms with E-state index in [1.165, 1.54) is 0 Å². The number of carbonyl (C=O) groups excluding carboxylic acids is 1. The molecular weight excluding hydrogens is 422 g/mol. The minimum Gasteiger partial charge on any atom is -0.497 e. The minimum absolute atomic E-state index is 0.262. The predicted octanol–water partition coefficient (Wildman–Crippen LogP) is 5.30. The van der Waals surface area contributed by atoms with E-state index in [1.54, 1.807) is 50.6 Å². The van der Waals surface area contributed by atoms with Crippen LogP contribution in [0, 0.1) is 0 Å². The van der Waals surface area contributed by atoms with Crippen LogP contribution in [0.1, 0.15) is 15.9 Å². The highest BCUT2D eigenvalue weighted by molar-refractivity contribution is 9.10. The SMILES string of the molecule is COc1ccc(OC)c(NC(=O)c2ccc(OCc3ccccc3)c(Br)c2)c1. The van der Waals surface area contributed by atoms with Gasteiger partial charge in [-0.25, -0.2) is 0 Å². The summed E-state index contributed by atoms with van der Waals surface area (Å²) in [6, 6.07) is 20.3. The first-order valence-electron chi connectivity index (χ1n) is 8.60. The Balaban J connectivity index is 1.72. The number of hydrogen-bond acceptors (Lipinski definition) is 4. The number of methoxy groups -OCH3 is 2. The Kier molecular flexibility index (Phi) is 6.55. The van der Waals surface area contributed by atoms with Crippen LogP contribution in [0.15, 0.2) is 71.2 Å². The zero-order valence-electron chi connectivity index (χ0n) is 15.6. The molecule has 3 rings (SSSR count). The molecule has 1 N–H and O–H groups in total. The average molecular weight is 442 g/mol. The summed E-state index contributed by atoms with van der Waals surface area (Å²) in [5.74, 6) is 1.58. The minimum atomic E-state index is -0.262. The van der Waals surface area contributed by atoms with Crippen molar-refractivity contribution in [1.82, 2.24) is 0 Å². The number of amides is 1. The lowest BCUT2D eigenvalue weighted by molar-refractivity contribution is 0.102. The predicted molar refractivity (Wildman–Crippen MR) is 112 cm³/mol. The van der Waals surface area contributed by atoms with E-state index in [0.29, 0.717) is 39.6 Å². The number of benzene rings is 3. The Morgan fingerprint density at radius 1 is 0.929 bits per heavy atom. The summed E-state index contributed by atoms with van der Waals surface area (Å²) < 4.78 is 17.0. The fourth-order valence-corrected chi connectivity index (χ4v) is 3.09. The number of carbonyl (C=O) groups is 1. The number of nitrogens with one attached hydrogen (secondary N) is 1. The van der Waals surface area contributed by atoms with Gasteiger partial charge in [-0.1, -0.05) is 30.3 Å². The van der Waals surface area contributed by atoms with Crippen LogP contribution >= 0.6 is 15.9 Å². The first-order chi connectivity index (χ1) is 13.6. The van der Waals surface area contributed by atoms with Crippen LogP contribution in [0.5, 0.6) is 17.2 Å². The maximum absolute atomic E-state index is 12.7. The molecule has 144 valence electrons. The van der Waals surface area contributed by atoms with E-state index in [2.05, 4.69) is 21.2 Å². The van der Waals surface area contributed by atoms with Gasteiger partial charge in [0.05, 0.1) is 24.4 Å². The Bertz CT molecular complexity index is 960. The molecule has 0 aromatic heterocycles. The fraction of sp³-hybridized carbons (Fsp3) is 0.136. The highest BCUT2D eigenvalue weighted by atomic mass is 79.9. The summed E-state index contributed by atoms with van der Waals surface area (Å²) in [5.41, 5.74) is 2.09. The molecule has 5 nitrogen and oxygen atoms in total. The van der Waals surface area contributed by atoms with Gasteiger partial charge in [0.15, 0.2) is 0 Å². The second kappa shape index (κ2) is 9.28. The maximum atomic E-state index is 12.7. The van der Waals surface area contributed by atoms with Crippen LogP contribution < -0.4 is 19.5 Å². The second-order valence-electron chi connectivity index (χ2n) is 5.94. The summed E-state index contributed by atoms with van der Waals surface area (Å²) >= 11 is 3.48. The molecule has 0 aliphatic rings. The number of anilines is 1. The third-order valence-corrected chi connectivity index (χ3v) is 4.71. The van der Waals surface area contributed by atoms with E-state index in [9.17, 15) is 4.79 Å². The van der Waals surface area contributed by atoms with Crippen LogP contribution in [0.4, 0.5) is 5.69 Å². The van der Waals surface area contributed by atoms with Crippen molar-refractivity contribution >= 4 is 27.5 Å². The molecule has 28 heavy (non-hydrogen) atoms. The van der Waals surface area contributed by atoms with E-state index >= 15 is 0 Å². The molecule has 6 heteroatoms. The van der Waals surface area contributed by atoms with Gasteiger partial charge in [-0.3, -0.25) is 4.79 Å². The standard InChI is InChI=1S/C22H20BrNO4/c1-26-17-9-11-21(27-2)19(13-17)24-22(25)16-8-10-20(18(23)12-16)28-14-15-6-4-3-5-7-15/h3-13H,14H2,1-2H3,(H,24,25). The molecule has 0 saturated heterocycles. The van der Waals surface area contributed by atoms with Crippen molar-refractivity contribution in [2.75, 3.05) is 19.5 Å². The highest BCUT2D eigenvalue weighted by Crippen LogP contribution is 2.31. The Hall–Kier alpha value is -2.99. The Morgan fingerprint density at radius 3 is 2.36 bits per heavy atom. The summed E-state index contributed by atoms with van der Waals surface area (Å²) in [6.45, 7) is 0.450. The van der Waals surface area contributed by atoms with Gasteiger partial charge in [0, 0.05) is 11.6 Å². The molecule has 0 saturated carbocycles. The van der Waals surface area contributed by atoms with E-state index in [4.69, 9.17) is 14.2 Å². The summed E-state index contributed by atoms with van der Waals surface area (Å²) in [5, 5.41) is 2.85. The number of hydrogen-bond donors (Lipinski definition) is 1. The molecule has 0 atom stereocenters. The molecule has 0 spiro atoms. The van der Waals surface area contributed by atoms with Crippen LogP contribution in [0.2, 0.25) is 0 Å². The topological polar surface area (TPSA) is 56.8 Å². The molecule has 0 aliphatic carbocycles. The second-order valence-corrected chi connectivity index (χ2v) is 6.79. The van der Waals surface area contributed by atoms with Gasteiger partial charge >= 0.3 is 0 Å². The summed E-state index contributed by atoms with van der Waals surface area (Å²) in [4.78, 5) is 12.7. The van der Waals surface area contributed by atoms with E-state index in [-0.39, 0.29) is 5.91 Å². The molecule has 3 aromatic carbocycles. The third-order valence-electron chi connectivity index (χ3n) is 4.09. The van der Waals surface area contributed by atoms with Crippen molar-refractivity contribution in [2.24, 2.45) is 0 Å². The van der Waals surface area contributed by atoms with E-state index in [0.717, 1.165) is 5.56 Å². The van der Waals surface area contributed by atoms with Crippen molar-refractivity contribution in [2.45, 2.75) is 6.61 Å². The van der Waals surface area contributed by atoms with Crippen LogP contribution in [0.25, 0.3) is 0 Å². The lowest BCUT2D eigenvalue weighted by atomic mass is 10.2. The molecule has 3 aromatic rings. The smallest absolute Gasteiger partial charge is 0.255 e. The van der Waals surface area contributed by atoms with Gasteiger partial charge in [-0.05, 0) is 51.8 Å². The van der Waals surface area contributed by atoms with Gasteiger partial charge < -0.3 is 19.5 Å². The van der Waals surface area contributed by atoms with Crippen molar-refractivity contribution in [3.05, 3.63) is 82.3 Å². The average Bonchev–Trinajstić information content (AvgIpc) is 2.73. The molecule has 1 amide bonds. The maximum Gasteiger partial charge on any atom is 0.255 e. The summed E-state index contributed by atoms with van der Waals surface area (Å²) in [6.07, 6.45) is 0. The van der Waals surface area contributed by atoms with Crippen molar-refractivity contribution in [1.29, 1.82) is 0 Å². The molecule has 0 unspecified atom stereocenters. The van der Waals surface area contributed by atoms with Crippen molar-refractivity contribution in [3.8, 4) is 17.2 Å². The fourth-order valence-electron chi connectivity index (χ4n) is 2.60. The highest BCUT2D eigenvalue weighted by Gasteiger charge is 2.13. The molecule has 0 radical (unpaired) electrons. The van der Waals surface area contributed by atoms with Crippen molar-refractivity contribution in [3.63, 3.8) is 0 Å². The van der Waals surface area contributed by atoms with Gasteiger partial charge in [0.2, 0.25) is 0 Å². The first-order valence-corrected chi connectivity index (χ1v) is 9.39. The molecule has 0 aliphatic heterocycles. The number of halogens is 1. The van der Waals surface area contributed by atoms with Gasteiger partial charge in [-0.15, -0.1) is 0 Å². The van der Waals surface area contributed by atoms with Crippen LogP contribution in [0.3, 0.4) is 0 Å². The lowest BCUT2D eigenvalue weighted by Crippen LogP contribution is -2.13. The van der Waals surface area contributed by atoms with E-state index < -0.39 is 0 Å². The van der Waals surface area contributed by atoms with Gasteiger partial charge in [0.1, 0.15) is 23.9 Å². The summed E-state index contributed by atoms with van der Waals surface area (Å²) in [7, 11) is 3.12. The van der Waals surface area contributed by atoms with Crippen LogP contribution in [-0.4, -0.2) is 20.1 Å². The molecule has 0 heterocycles. The van der Waals surface area contributed by atoms with E-state index in [1.807, 2.05) is 30.3 Å². The number of ether oxygens (including phenoxy) is 3. The monoisotopic (exact) mass is 441 g/mol. The van der Waals surface area contributed by atoms with Crippen LogP contribution in [-0.2, 0) is 6.61 Å². The zero-order chi connectivity index (χ0) is 19.9. The Labute approximate surface area is 172 Å². The largest absolute Gasteiger partial charge is 0.497 e. The quantitative estimate of drug-likeness (QED) is 0.540. The van der Waals surface area contributed by atoms with Gasteiger partial charge in [0.25, 0.3) is 5.91 Å². The molecular formula is C22H20BrNO4. The Morgan fingerprint density at radius 2 is 1.68 bits per heavy atom. The first kappa shape index (κ1) is 19.8. The zero-order valence-corrected chi connectivity index (χ0v) is 17.2. The lowest BCUT2D eigenvalue weighted by Gasteiger charge is -2.13. The van der Waals surface area contributed by atoms with Gasteiger partial charge in [-0.2, -0.15) is 0 Å².